The van der Waals surface area contributed by atoms with Gasteiger partial charge in [-0.15, -0.1) is 0 Å². The molecule has 114 valence electrons. The van der Waals surface area contributed by atoms with Crippen LogP contribution in [0.2, 0.25) is 0 Å². The Labute approximate surface area is 124 Å². The van der Waals surface area contributed by atoms with E-state index >= 15 is 0 Å². The zero-order valence-corrected chi connectivity index (χ0v) is 12.6. The summed E-state index contributed by atoms with van der Waals surface area (Å²) in [4.78, 5) is 4.40. The second-order valence-electron chi connectivity index (χ2n) is 4.96. The highest BCUT2D eigenvalue weighted by Crippen LogP contribution is 2.31. The van der Waals surface area contributed by atoms with E-state index in [0.717, 1.165) is 18.4 Å². The van der Waals surface area contributed by atoms with Crippen molar-refractivity contribution >= 4 is 0 Å². The topological polar surface area (TPSA) is 83.4 Å². The first kappa shape index (κ1) is 15.3. The van der Waals surface area contributed by atoms with Gasteiger partial charge in [-0.25, -0.2) is 0 Å². The molecule has 1 unspecified atom stereocenters. The van der Waals surface area contributed by atoms with Gasteiger partial charge in [-0.05, 0) is 37.1 Å². The molecule has 21 heavy (non-hydrogen) atoms. The van der Waals surface area contributed by atoms with Crippen molar-refractivity contribution in [3.8, 4) is 22.9 Å². The molecule has 1 atom stereocenters. The van der Waals surface area contributed by atoms with Crippen molar-refractivity contribution in [2.45, 2.75) is 19.8 Å². The van der Waals surface area contributed by atoms with Crippen molar-refractivity contribution < 1.29 is 14.0 Å². The summed E-state index contributed by atoms with van der Waals surface area (Å²) in [5, 5.41) is 4.01. The molecule has 6 nitrogen and oxygen atoms in total. The van der Waals surface area contributed by atoms with Crippen LogP contribution in [-0.2, 0) is 6.42 Å². The lowest BCUT2D eigenvalue weighted by molar-refractivity contribution is 0.355. The summed E-state index contributed by atoms with van der Waals surface area (Å²) in [6.07, 6.45) is 1.67. The van der Waals surface area contributed by atoms with Crippen LogP contribution in [0.15, 0.2) is 22.7 Å². The monoisotopic (exact) mass is 291 g/mol. The van der Waals surface area contributed by atoms with E-state index in [-0.39, 0.29) is 0 Å². The van der Waals surface area contributed by atoms with Gasteiger partial charge in [0.1, 0.15) is 0 Å². The highest BCUT2D eigenvalue weighted by Gasteiger charge is 2.12. The Kier molecular flexibility index (Phi) is 5.16. The summed E-state index contributed by atoms with van der Waals surface area (Å²) in [5.74, 6) is 2.92. The highest BCUT2D eigenvalue weighted by atomic mass is 16.5. The number of aromatic nitrogens is 2. The average molecular weight is 291 g/mol. The van der Waals surface area contributed by atoms with Gasteiger partial charge >= 0.3 is 0 Å². The third-order valence-corrected chi connectivity index (χ3v) is 3.36. The number of benzene rings is 1. The summed E-state index contributed by atoms with van der Waals surface area (Å²) >= 11 is 0. The van der Waals surface area contributed by atoms with Gasteiger partial charge < -0.3 is 19.7 Å². The van der Waals surface area contributed by atoms with E-state index < -0.39 is 0 Å². The third kappa shape index (κ3) is 3.72. The van der Waals surface area contributed by atoms with Crippen molar-refractivity contribution in [2.24, 2.45) is 11.7 Å². The predicted molar refractivity (Wildman–Crippen MR) is 79.4 cm³/mol. The molecule has 1 aromatic heterocycles. The molecule has 2 aromatic rings. The fourth-order valence-electron chi connectivity index (χ4n) is 1.94. The van der Waals surface area contributed by atoms with Gasteiger partial charge in [-0.2, -0.15) is 4.98 Å². The van der Waals surface area contributed by atoms with Crippen LogP contribution in [0, 0.1) is 5.92 Å². The first-order valence-electron chi connectivity index (χ1n) is 6.93. The molecule has 0 radical (unpaired) electrons. The summed E-state index contributed by atoms with van der Waals surface area (Å²) in [6.45, 7) is 2.77. The number of aryl methyl sites for hydroxylation is 1. The molecule has 1 heterocycles. The fraction of sp³-hybridized carbons (Fsp3) is 0.467. The van der Waals surface area contributed by atoms with Crippen LogP contribution in [-0.4, -0.2) is 30.9 Å². The molecule has 2 rings (SSSR count). The van der Waals surface area contributed by atoms with Crippen molar-refractivity contribution in [1.29, 1.82) is 0 Å². The third-order valence-electron chi connectivity index (χ3n) is 3.36. The molecule has 0 fully saturated rings. The lowest BCUT2D eigenvalue weighted by Crippen LogP contribution is -2.11. The number of ether oxygens (including phenoxy) is 2. The van der Waals surface area contributed by atoms with E-state index in [4.69, 9.17) is 19.7 Å². The van der Waals surface area contributed by atoms with E-state index in [2.05, 4.69) is 17.1 Å². The number of hydrogen-bond donors (Lipinski definition) is 1. The Morgan fingerprint density at radius 2 is 2.00 bits per heavy atom. The maximum absolute atomic E-state index is 5.60. The van der Waals surface area contributed by atoms with Crippen LogP contribution in [0.25, 0.3) is 11.4 Å². The molecule has 0 saturated heterocycles. The van der Waals surface area contributed by atoms with Crippen molar-refractivity contribution in [3.05, 3.63) is 24.1 Å². The Morgan fingerprint density at radius 1 is 1.24 bits per heavy atom. The molecular formula is C15H21N3O3. The van der Waals surface area contributed by atoms with Crippen molar-refractivity contribution in [1.82, 2.24) is 10.1 Å². The van der Waals surface area contributed by atoms with Gasteiger partial charge in [-0.3, -0.25) is 0 Å². The maximum atomic E-state index is 5.60. The van der Waals surface area contributed by atoms with Gasteiger partial charge in [0.2, 0.25) is 11.7 Å². The molecule has 1 aromatic carbocycles. The quantitative estimate of drug-likeness (QED) is 0.842. The zero-order chi connectivity index (χ0) is 15.2. The number of methoxy groups -OCH3 is 2. The Balaban J connectivity index is 2.14. The largest absolute Gasteiger partial charge is 0.493 e. The molecule has 0 bridgehead atoms. The molecule has 0 spiro atoms. The number of nitrogens with zero attached hydrogens (tertiary/aromatic N) is 2. The first-order chi connectivity index (χ1) is 10.2. The SMILES string of the molecule is COc1ccc(-c2noc(CCC(C)CN)n2)cc1OC. The minimum atomic E-state index is 0.446. The highest BCUT2D eigenvalue weighted by molar-refractivity contribution is 5.60. The Hall–Kier alpha value is -2.08. The molecule has 0 saturated carbocycles. The molecule has 6 heteroatoms. The minimum absolute atomic E-state index is 0.446. The van der Waals surface area contributed by atoms with Gasteiger partial charge in [0, 0.05) is 12.0 Å². The summed E-state index contributed by atoms with van der Waals surface area (Å²) in [6, 6.07) is 5.52. The number of rotatable bonds is 7. The van der Waals surface area contributed by atoms with Crippen LogP contribution >= 0.6 is 0 Å². The lowest BCUT2D eigenvalue weighted by Gasteiger charge is -2.07. The molecule has 0 amide bonds. The molecule has 0 aliphatic rings. The second kappa shape index (κ2) is 7.08. The first-order valence-corrected chi connectivity index (χ1v) is 6.93. The minimum Gasteiger partial charge on any atom is -0.493 e. The van der Waals surface area contributed by atoms with Crippen LogP contribution < -0.4 is 15.2 Å². The van der Waals surface area contributed by atoms with E-state index in [1.165, 1.54) is 0 Å². The molecule has 2 N–H and O–H groups in total. The van der Waals surface area contributed by atoms with E-state index in [1.807, 2.05) is 18.2 Å². The van der Waals surface area contributed by atoms with Crippen LogP contribution in [0.4, 0.5) is 0 Å². The molecule has 0 aliphatic heterocycles. The van der Waals surface area contributed by atoms with Gasteiger partial charge in [0.15, 0.2) is 11.5 Å². The smallest absolute Gasteiger partial charge is 0.226 e. The molecule has 0 aliphatic carbocycles. The van der Waals surface area contributed by atoms with Gasteiger partial charge in [-0.1, -0.05) is 12.1 Å². The van der Waals surface area contributed by atoms with Crippen LogP contribution in [0.1, 0.15) is 19.2 Å². The summed E-state index contributed by atoms with van der Waals surface area (Å²) in [5.41, 5.74) is 6.43. The Morgan fingerprint density at radius 3 is 2.67 bits per heavy atom. The van der Waals surface area contributed by atoms with E-state index in [9.17, 15) is 0 Å². The normalized spacial score (nSPS) is 12.2. The summed E-state index contributed by atoms with van der Waals surface area (Å²) in [7, 11) is 3.19. The number of nitrogens with two attached hydrogens (primary N) is 1. The zero-order valence-electron chi connectivity index (χ0n) is 12.6. The molecular weight excluding hydrogens is 270 g/mol. The second-order valence-corrected chi connectivity index (χ2v) is 4.96. The predicted octanol–water partition coefficient (Wildman–Crippen LogP) is 2.28. The average Bonchev–Trinajstić information content (AvgIpc) is 3.00. The maximum Gasteiger partial charge on any atom is 0.226 e. The van der Waals surface area contributed by atoms with Gasteiger partial charge in [0.05, 0.1) is 14.2 Å². The van der Waals surface area contributed by atoms with Crippen molar-refractivity contribution in [3.63, 3.8) is 0 Å². The standard InChI is InChI=1S/C15H21N3O3/c1-10(9-16)4-7-14-17-15(18-21-14)11-5-6-12(19-2)13(8-11)20-3/h5-6,8,10H,4,7,9,16H2,1-3H3. The van der Waals surface area contributed by atoms with Gasteiger partial charge in [0.25, 0.3) is 0 Å². The Bertz CT molecular complexity index is 583. The van der Waals surface area contributed by atoms with Crippen LogP contribution in [0.5, 0.6) is 11.5 Å². The van der Waals surface area contributed by atoms with Crippen LogP contribution in [0.3, 0.4) is 0 Å². The number of hydrogen-bond acceptors (Lipinski definition) is 6. The lowest BCUT2D eigenvalue weighted by atomic mass is 10.1. The summed E-state index contributed by atoms with van der Waals surface area (Å²) < 4.78 is 15.8. The van der Waals surface area contributed by atoms with Crippen molar-refractivity contribution in [2.75, 3.05) is 20.8 Å². The fourth-order valence-corrected chi connectivity index (χ4v) is 1.94. The van der Waals surface area contributed by atoms with E-state index in [1.54, 1.807) is 14.2 Å². The van der Waals surface area contributed by atoms with E-state index in [0.29, 0.717) is 35.7 Å².